The molecule has 0 aliphatic carbocycles. The number of hydrogen-bond acceptors (Lipinski definition) is 5. The highest BCUT2D eigenvalue weighted by Gasteiger charge is 2.17. The van der Waals surface area contributed by atoms with E-state index in [1.807, 2.05) is 0 Å². The smallest absolute Gasteiger partial charge is 0.240 e. The predicted molar refractivity (Wildman–Crippen MR) is 102 cm³/mol. The molecule has 158 valence electrons. The van der Waals surface area contributed by atoms with Crippen molar-refractivity contribution in [3.63, 3.8) is 0 Å². The van der Waals surface area contributed by atoms with Crippen molar-refractivity contribution in [3.8, 4) is 11.5 Å². The van der Waals surface area contributed by atoms with E-state index in [1.165, 1.54) is 4.90 Å². The maximum Gasteiger partial charge on any atom is 0.240 e. The third-order valence-corrected chi connectivity index (χ3v) is 5.47. The van der Waals surface area contributed by atoms with Crippen LogP contribution >= 0.6 is 0 Å². The SMILES string of the molecule is COc1ccc(OCCN(C)C(=O)CCNS(=O)(=O)c2ccc(F)c(F)c2)cc1. The third kappa shape index (κ3) is 6.68. The molecule has 0 atom stereocenters. The number of methoxy groups -OCH3 is 1. The number of benzene rings is 2. The van der Waals surface area contributed by atoms with E-state index in [1.54, 1.807) is 38.4 Å². The zero-order valence-electron chi connectivity index (χ0n) is 16.0. The molecule has 0 saturated carbocycles. The molecule has 0 saturated heterocycles. The van der Waals surface area contributed by atoms with Gasteiger partial charge in [-0.05, 0) is 42.5 Å². The number of halogens is 2. The summed E-state index contributed by atoms with van der Waals surface area (Å²) in [5.41, 5.74) is 0. The number of likely N-dealkylation sites (N-methyl/N-ethyl adjacent to an activating group) is 1. The zero-order chi connectivity index (χ0) is 21.4. The molecular formula is C19H22F2N2O5S. The van der Waals surface area contributed by atoms with Crippen LogP contribution < -0.4 is 14.2 Å². The molecule has 29 heavy (non-hydrogen) atoms. The molecule has 0 radical (unpaired) electrons. The van der Waals surface area contributed by atoms with Crippen LogP contribution in [-0.2, 0) is 14.8 Å². The maximum absolute atomic E-state index is 13.2. The van der Waals surface area contributed by atoms with Crippen LogP contribution in [0.3, 0.4) is 0 Å². The van der Waals surface area contributed by atoms with Gasteiger partial charge in [0.25, 0.3) is 0 Å². The molecular weight excluding hydrogens is 406 g/mol. The molecule has 0 aliphatic rings. The van der Waals surface area contributed by atoms with Gasteiger partial charge >= 0.3 is 0 Å². The molecule has 0 heterocycles. The highest BCUT2D eigenvalue weighted by Crippen LogP contribution is 2.17. The van der Waals surface area contributed by atoms with E-state index >= 15 is 0 Å². The summed E-state index contributed by atoms with van der Waals surface area (Å²) in [6, 6.07) is 9.26. The van der Waals surface area contributed by atoms with Gasteiger partial charge in [0.15, 0.2) is 11.6 Å². The molecule has 10 heteroatoms. The van der Waals surface area contributed by atoms with Crippen LogP contribution in [0.1, 0.15) is 6.42 Å². The van der Waals surface area contributed by atoms with E-state index in [2.05, 4.69) is 4.72 Å². The van der Waals surface area contributed by atoms with Crippen molar-refractivity contribution in [1.29, 1.82) is 0 Å². The molecule has 2 rings (SSSR count). The Morgan fingerprint density at radius 3 is 2.34 bits per heavy atom. The number of ether oxygens (including phenoxy) is 2. The summed E-state index contributed by atoms with van der Waals surface area (Å²) >= 11 is 0. The topological polar surface area (TPSA) is 84.9 Å². The minimum Gasteiger partial charge on any atom is -0.497 e. The second-order valence-corrected chi connectivity index (χ2v) is 7.83. The molecule has 0 spiro atoms. The first-order valence-corrected chi connectivity index (χ1v) is 10.2. The zero-order valence-corrected chi connectivity index (χ0v) is 16.8. The molecule has 0 fully saturated rings. The fourth-order valence-corrected chi connectivity index (χ4v) is 3.35. The number of hydrogen-bond donors (Lipinski definition) is 1. The number of sulfonamides is 1. The van der Waals surface area contributed by atoms with Crippen molar-refractivity contribution in [1.82, 2.24) is 9.62 Å². The molecule has 2 aromatic rings. The summed E-state index contributed by atoms with van der Waals surface area (Å²) in [7, 11) is -0.905. The Kier molecular flexibility index (Phi) is 7.91. The molecule has 0 aromatic heterocycles. The van der Waals surface area contributed by atoms with Crippen LogP contribution in [0.25, 0.3) is 0 Å². The number of nitrogens with one attached hydrogen (secondary N) is 1. The molecule has 1 N–H and O–H groups in total. The second-order valence-electron chi connectivity index (χ2n) is 6.06. The van der Waals surface area contributed by atoms with Gasteiger partial charge in [-0.2, -0.15) is 0 Å². The molecule has 0 unspecified atom stereocenters. The summed E-state index contributed by atoms with van der Waals surface area (Å²) in [5.74, 6) is -1.36. The Labute approximate surface area is 168 Å². The quantitative estimate of drug-likeness (QED) is 0.627. The lowest BCUT2D eigenvalue weighted by molar-refractivity contribution is -0.130. The fourth-order valence-electron chi connectivity index (χ4n) is 2.31. The van der Waals surface area contributed by atoms with Gasteiger partial charge in [-0.1, -0.05) is 0 Å². The lowest BCUT2D eigenvalue weighted by Gasteiger charge is -2.18. The molecule has 7 nitrogen and oxygen atoms in total. The van der Waals surface area contributed by atoms with Gasteiger partial charge in [0, 0.05) is 20.0 Å². The van der Waals surface area contributed by atoms with Crippen molar-refractivity contribution >= 4 is 15.9 Å². The van der Waals surface area contributed by atoms with Crippen molar-refractivity contribution in [3.05, 3.63) is 54.1 Å². The van der Waals surface area contributed by atoms with Crippen LogP contribution in [-0.4, -0.2) is 53.1 Å². The summed E-state index contributed by atoms with van der Waals surface area (Å²) in [6.07, 6.45) is -0.0953. The molecule has 2 aromatic carbocycles. The second kappa shape index (κ2) is 10.2. The number of carbonyl (C=O) groups excluding carboxylic acids is 1. The highest BCUT2D eigenvalue weighted by molar-refractivity contribution is 7.89. The monoisotopic (exact) mass is 428 g/mol. The van der Waals surface area contributed by atoms with Crippen LogP contribution in [0.15, 0.2) is 47.4 Å². The van der Waals surface area contributed by atoms with E-state index in [4.69, 9.17) is 9.47 Å². The summed E-state index contributed by atoms with van der Waals surface area (Å²) < 4.78 is 63.0. The first-order valence-electron chi connectivity index (χ1n) is 8.68. The van der Waals surface area contributed by atoms with Crippen LogP contribution in [0.2, 0.25) is 0 Å². The first kappa shape index (κ1) is 22.6. The van der Waals surface area contributed by atoms with E-state index < -0.39 is 26.6 Å². The lowest BCUT2D eigenvalue weighted by Crippen LogP contribution is -2.34. The van der Waals surface area contributed by atoms with Crippen molar-refractivity contribution in [2.75, 3.05) is 33.9 Å². The predicted octanol–water partition coefficient (Wildman–Crippen LogP) is 2.18. The van der Waals surface area contributed by atoms with Gasteiger partial charge in [0.1, 0.15) is 18.1 Å². The summed E-state index contributed by atoms with van der Waals surface area (Å²) in [6.45, 7) is 0.389. The standard InChI is InChI=1S/C19H22F2N2O5S/c1-23(11-12-28-15-5-3-14(27-2)4-6-15)19(24)9-10-22-29(25,26)16-7-8-17(20)18(21)13-16/h3-8,13,22H,9-12H2,1-2H3. The van der Waals surface area contributed by atoms with Gasteiger partial charge < -0.3 is 14.4 Å². The summed E-state index contributed by atoms with van der Waals surface area (Å²) in [5, 5.41) is 0. The number of amides is 1. The fraction of sp³-hybridized carbons (Fsp3) is 0.316. The van der Waals surface area contributed by atoms with Crippen molar-refractivity contribution in [2.45, 2.75) is 11.3 Å². The maximum atomic E-state index is 13.2. The average Bonchev–Trinajstić information content (AvgIpc) is 2.70. The lowest BCUT2D eigenvalue weighted by atomic mass is 10.3. The minimum absolute atomic E-state index is 0.0953. The Morgan fingerprint density at radius 2 is 1.72 bits per heavy atom. The van der Waals surface area contributed by atoms with Crippen molar-refractivity contribution < 1.29 is 31.5 Å². The normalized spacial score (nSPS) is 11.2. The average molecular weight is 428 g/mol. The number of carbonyl (C=O) groups is 1. The van der Waals surface area contributed by atoms with Gasteiger partial charge in [0.2, 0.25) is 15.9 Å². The largest absolute Gasteiger partial charge is 0.497 e. The van der Waals surface area contributed by atoms with E-state index in [0.29, 0.717) is 24.1 Å². The van der Waals surface area contributed by atoms with Crippen LogP contribution in [0, 0.1) is 11.6 Å². The molecule has 1 amide bonds. The summed E-state index contributed by atoms with van der Waals surface area (Å²) in [4.78, 5) is 13.1. The van der Waals surface area contributed by atoms with Crippen LogP contribution in [0.5, 0.6) is 11.5 Å². The minimum atomic E-state index is -4.04. The van der Waals surface area contributed by atoms with E-state index in [0.717, 1.165) is 12.1 Å². The van der Waals surface area contributed by atoms with Crippen molar-refractivity contribution in [2.24, 2.45) is 0 Å². The van der Waals surface area contributed by atoms with Gasteiger partial charge in [0.05, 0.1) is 18.6 Å². The molecule has 0 bridgehead atoms. The van der Waals surface area contributed by atoms with E-state index in [9.17, 15) is 22.0 Å². The number of rotatable bonds is 10. The van der Waals surface area contributed by atoms with Gasteiger partial charge in [-0.25, -0.2) is 21.9 Å². The Hall–Kier alpha value is -2.72. The molecule has 0 aliphatic heterocycles. The van der Waals surface area contributed by atoms with E-state index in [-0.39, 0.29) is 25.5 Å². The van der Waals surface area contributed by atoms with Gasteiger partial charge in [-0.15, -0.1) is 0 Å². The Bertz CT molecular complexity index is 936. The third-order valence-electron chi connectivity index (χ3n) is 4.01. The van der Waals surface area contributed by atoms with Gasteiger partial charge in [-0.3, -0.25) is 4.79 Å². The Balaban J connectivity index is 1.75. The highest BCUT2D eigenvalue weighted by atomic mass is 32.2. The Morgan fingerprint density at radius 1 is 1.07 bits per heavy atom. The van der Waals surface area contributed by atoms with Crippen LogP contribution in [0.4, 0.5) is 8.78 Å². The first-order chi connectivity index (χ1) is 13.7. The number of nitrogens with zero attached hydrogens (tertiary/aromatic N) is 1.